The summed E-state index contributed by atoms with van der Waals surface area (Å²) in [6.45, 7) is 7.15. The van der Waals surface area contributed by atoms with E-state index in [1.807, 2.05) is 0 Å². The highest BCUT2D eigenvalue weighted by Crippen LogP contribution is 2.43. The Labute approximate surface area is 129 Å². The van der Waals surface area contributed by atoms with Crippen molar-refractivity contribution >= 4 is 0 Å². The first-order valence-corrected chi connectivity index (χ1v) is 8.41. The van der Waals surface area contributed by atoms with Gasteiger partial charge in [0.1, 0.15) is 0 Å². The Hall–Kier alpha value is -0.900. The first kappa shape index (κ1) is 16.5. The Morgan fingerprint density at radius 2 is 1.90 bits per heavy atom. The van der Waals surface area contributed by atoms with Crippen LogP contribution in [0.3, 0.4) is 0 Å². The van der Waals surface area contributed by atoms with Gasteiger partial charge in [-0.3, -0.25) is 11.3 Å². The molecule has 0 saturated heterocycles. The van der Waals surface area contributed by atoms with E-state index in [0.717, 1.165) is 12.8 Å². The van der Waals surface area contributed by atoms with Gasteiger partial charge in [0.05, 0.1) is 11.6 Å². The van der Waals surface area contributed by atoms with Gasteiger partial charge in [-0.2, -0.15) is 0 Å². The van der Waals surface area contributed by atoms with Crippen LogP contribution in [0.2, 0.25) is 0 Å². The molecule has 0 bridgehead atoms. The fourth-order valence-corrected chi connectivity index (χ4v) is 3.62. The van der Waals surface area contributed by atoms with Crippen LogP contribution in [0.1, 0.15) is 76.0 Å². The smallest absolute Gasteiger partial charge is 0.0883 e. The third-order valence-electron chi connectivity index (χ3n) is 5.17. The second-order valence-electron chi connectivity index (χ2n) is 6.06. The summed E-state index contributed by atoms with van der Waals surface area (Å²) in [7, 11) is 0. The number of benzene rings is 1. The quantitative estimate of drug-likeness (QED) is 0.561. The van der Waals surface area contributed by atoms with Gasteiger partial charge >= 0.3 is 0 Å². The number of nitrogens with one attached hydrogen (secondary N) is 1. The minimum atomic E-state index is -0.233. The number of hydrogen-bond acceptors (Lipinski definition) is 3. The van der Waals surface area contributed by atoms with E-state index in [9.17, 15) is 0 Å². The molecule has 1 atom stereocenters. The Kier molecular flexibility index (Phi) is 5.80. The molecule has 0 radical (unpaired) electrons. The maximum atomic E-state index is 6.18. The van der Waals surface area contributed by atoms with Crippen molar-refractivity contribution in [3.05, 3.63) is 35.4 Å². The number of ether oxygens (including phenoxy) is 1. The van der Waals surface area contributed by atoms with Crippen LogP contribution >= 0.6 is 0 Å². The van der Waals surface area contributed by atoms with Gasteiger partial charge in [0.15, 0.2) is 0 Å². The van der Waals surface area contributed by atoms with E-state index in [1.165, 1.54) is 30.4 Å². The van der Waals surface area contributed by atoms with Crippen LogP contribution in [0.4, 0.5) is 0 Å². The lowest BCUT2D eigenvalue weighted by Gasteiger charge is -2.41. The van der Waals surface area contributed by atoms with Crippen LogP contribution < -0.4 is 11.3 Å². The van der Waals surface area contributed by atoms with Gasteiger partial charge in [0.2, 0.25) is 0 Å². The first-order chi connectivity index (χ1) is 10.2. The zero-order chi connectivity index (χ0) is 15.3. The first-order valence-electron chi connectivity index (χ1n) is 8.41. The summed E-state index contributed by atoms with van der Waals surface area (Å²) in [5, 5.41) is 0. The minimum Gasteiger partial charge on any atom is -0.373 e. The molecule has 3 nitrogen and oxygen atoms in total. The topological polar surface area (TPSA) is 47.3 Å². The molecular weight excluding hydrogens is 260 g/mol. The highest BCUT2D eigenvalue weighted by atomic mass is 16.5. The predicted molar refractivity (Wildman–Crippen MR) is 88.0 cm³/mol. The third kappa shape index (κ3) is 3.15. The second kappa shape index (κ2) is 7.39. The van der Waals surface area contributed by atoms with E-state index in [0.29, 0.717) is 12.5 Å². The standard InChI is InChI=1S/C18H30N2O/c1-4-18(5-2,21-6-3)17(20-19)16-13-8-7-12-15(16)14-10-9-11-14/h7-8,12-14,17,20H,4-6,9-11,19H2,1-3H3. The van der Waals surface area contributed by atoms with Crippen LogP contribution in [0.25, 0.3) is 0 Å². The van der Waals surface area contributed by atoms with E-state index in [-0.39, 0.29) is 11.6 Å². The molecule has 1 fully saturated rings. The van der Waals surface area contributed by atoms with Gasteiger partial charge in [-0.1, -0.05) is 44.5 Å². The average molecular weight is 290 g/mol. The number of hydrazine groups is 1. The maximum absolute atomic E-state index is 6.18. The van der Waals surface area contributed by atoms with Gasteiger partial charge in [0, 0.05) is 6.61 Å². The summed E-state index contributed by atoms with van der Waals surface area (Å²) in [6.07, 6.45) is 5.84. The van der Waals surface area contributed by atoms with Crippen LogP contribution in [-0.2, 0) is 4.74 Å². The van der Waals surface area contributed by atoms with Crippen molar-refractivity contribution in [2.24, 2.45) is 5.84 Å². The van der Waals surface area contributed by atoms with Gasteiger partial charge in [0.25, 0.3) is 0 Å². The van der Waals surface area contributed by atoms with Crippen molar-refractivity contribution in [2.45, 2.75) is 70.4 Å². The summed E-state index contributed by atoms with van der Waals surface area (Å²) in [5.74, 6) is 6.67. The molecule has 3 N–H and O–H groups in total. The molecule has 0 aromatic heterocycles. The van der Waals surface area contributed by atoms with Gasteiger partial charge in [-0.15, -0.1) is 0 Å². The predicted octanol–water partition coefficient (Wildman–Crippen LogP) is 4.05. The van der Waals surface area contributed by atoms with Crippen LogP contribution in [0.15, 0.2) is 24.3 Å². The fourth-order valence-electron chi connectivity index (χ4n) is 3.62. The third-order valence-corrected chi connectivity index (χ3v) is 5.17. The molecule has 0 heterocycles. The van der Waals surface area contributed by atoms with E-state index in [1.54, 1.807) is 0 Å². The molecule has 0 amide bonds. The van der Waals surface area contributed by atoms with Crippen molar-refractivity contribution in [3.63, 3.8) is 0 Å². The Bertz CT molecular complexity index is 439. The highest BCUT2D eigenvalue weighted by Gasteiger charge is 2.39. The molecular formula is C18H30N2O. The van der Waals surface area contributed by atoms with E-state index < -0.39 is 0 Å². The van der Waals surface area contributed by atoms with E-state index in [4.69, 9.17) is 10.6 Å². The van der Waals surface area contributed by atoms with Gasteiger partial charge in [-0.25, -0.2) is 0 Å². The average Bonchev–Trinajstić information content (AvgIpc) is 2.47. The van der Waals surface area contributed by atoms with Crippen molar-refractivity contribution < 1.29 is 4.74 Å². The molecule has 0 spiro atoms. The lowest BCUT2D eigenvalue weighted by molar-refractivity contribution is -0.0737. The SMILES string of the molecule is CCOC(CC)(CC)C(NN)c1ccccc1C1CCC1. The molecule has 1 aromatic carbocycles. The molecule has 1 saturated carbocycles. The zero-order valence-electron chi connectivity index (χ0n) is 13.7. The van der Waals surface area contributed by atoms with Crippen molar-refractivity contribution in [3.8, 4) is 0 Å². The molecule has 1 aromatic rings. The van der Waals surface area contributed by atoms with E-state index >= 15 is 0 Å². The molecule has 3 heteroatoms. The van der Waals surface area contributed by atoms with Crippen LogP contribution in [-0.4, -0.2) is 12.2 Å². The molecule has 1 aliphatic rings. The monoisotopic (exact) mass is 290 g/mol. The second-order valence-corrected chi connectivity index (χ2v) is 6.06. The van der Waals surface area contributed by atoms with Crippen molar-refractivity contribution in [1.29, 1.82) is 0 Å². The molecule has 0 aliphatic heterocycles. The molecule has 1 aliphatic carbocycles. The lowest BCUT2D eigenvalue weighted by atomic mass is 9.74. The van der Waals surface area contributed by atoms with Crippen LogP contribution in [0.5, 0.6) is 0 Å². The number of rotatable bonds is 8. The normalized spacial score (nSPS) is 17.5. The molecule has 2 rings (SSSR count). The summed E-state index contributed by atoms with van der Waals surface area (Å²) in [4.78, 5) is 0. The summed E-state index contributed by atoms with van der Waals surface area (Å²) < 4.78 is 6.18. The van der Waals surface area contributed by atoms with Crippen molar-refractivity contribution in [1.82, 2.24) is 5.43 Å². The summed E-state index contributed by atoms with van der Waals surface area (Å²) in [6, 6.07) is 8.79. The molecule has 1 unspecified atom stereocenters. The van der Waals surface area contributed by atoms with Gasteiger partial charge < -0.3 is 4.74 Å². The Morgan fingerprint density at radius 3 is 2.38 bits per heavy atom. The summed E-state index contributed by atoms with van der Waals surface area (Å²) >= 11 is 0. The molecule has 21 heavy (non-hydrogen) atoms. The number of nitrogens with two attached hydrogens (primary N) is 1. The van der Waals surface area contributed by atoms with Crippen LogP contribution in [0, 0.1) is 0 Å². The highest BCUT2D eigenvalue weighted by molar-refractivity contribution is 5.36. The lowest BCUT2D eigenvalue weighted by Crippen LogP contribution is -2.48. The van der Waals surface area contributed by atoms with Gasteiger partial charge in [-0.05, 0) is 49.7 Å². The van der Waals surface area contributed by atoms with E-state index in [2.05, 4.69) is 50.5 Å². The Balaban J connectivity index is 2.40. The minimum absolute atomic E-state index is 0.0456. The number of hydrogen-bond donors (Lipinski definition) is 2. The summed E-state index contributed by atoms with van der Waals surface area (Å²) in [5.41, 5.74) is 5.61. The molecule has 118 valence electrons. The Morgan fingerprint density at radius 1 is 1.24 bits per heavy atom. The fraction of sp³-hybridized carbons (Fsp3) is 0.667. The maximum Gasteiger partial charge on any atom is 0.0883 e. The van der Waals surface area contributed by atoms with Crippen molar-refractivity contribution in [2.75, 3.05) is 6.61 Å². The zero-order valence-corrected chi connectivity index (χ0v) is 13.7. The largest absolute Gasteiger partial charge is 0.373 e.